The van der Waals surface area contributed by atoms with Gasteiger partial charge in [-0.05, 0) is 42.0 Å². The normalized spacial score (nSPS) is 11.3. The lowest BCUT2D eigenvalue weighted by atomic mass is 10.1. The highest BCUT2D eigenvalue weighted by Crippen LogP contribution is 2.23. The van der Waals surface area contributed by atoms with Crippen LogP contribution < -0.4 is 10.5 Å². The van der Waals surface area contributed by atoms with Crippen LogP contribution in [0.4, 0.5) is 5.69 Å². The van der Waals surface area contributed by atoms with Gasteiger partial charge in [-0.15, -0.1) is 11.3 Å². The second kappa shape index (κ2) is 9.11. The van der Waals surface area contributed by atoms with Crippen LogP contribution in [-0.2, 0) is 11.3 Å². The molecule has 0 unspecified atom stereocenters. The number of amides is 1. The van der Waals surface area contributed by atoms with Crippen molar-refractivity contribution in [2.75, 3.05) is 17.7 Å². The number of thiophene rings is 1. The molecular formula is C20H22ClN3O2S2. The predicted octanol–water partition coefficient (Wildman–Crippen LogP) is 4.91. The first-order valence-corrected chi connectivity index (χ1v) is 11.2. The summed E-state index contributed by atoms with van der Waals surface area (Å²) in [5, 5.41) is 3.04. The molecule has 8 heteroatoms. The third-order valence-corrected chi connectivity index (χ3v) is 6.44. The smallest absolute Gasteiger partial charge is 0.272 e. The zero-order valence-electron chi connectivity index (χ0n) is 16.0. The summed E-state index contributed by atoms with van der Waals surface area (Å²) in [6.07, 6.45) is 0.877. The Morgan fingerprint density at radius 3 is 2.86 bits per heavy atom. The second-order valence-electron chi connectivity index (χ2n) is 6.89. The van der Waals surface area contributed by atoms with Crippen LogP contribution in [0.25, 0.3) is 10.2 Å². The van der Waals surface area contributed by atoms with E-state index in [1.807, 2.05) is 23.6 Å². The largest absolute Gasteiger partial charge is 0.315 e. The minimum atomic E-state index is -0.0812. The van der Waals surface area contributed by atoms with Gasteiger partial charge in [0.15, 0.2) is 5.16 Å². The molecule has 1 aromatic carbocycles. The van der Waals surface area contributed by atoms with Crippen LogP contribution in [0.1, 0.15) is 20.3 Å². The van der Waals surface area contributed by atoms with Gasteiger partial charge in [0.05, 0.1) is 11.3 Å². The van der Waals surface area contributed by atoms with E-state index in [4.69, 9.17) is 11.6 Å². The maximum absolute atomic E-state index is 12.9. The number of carbonyl (C=O) groups excluding carboxylic acids is 1. The van der Waals surface area contributed by atoms with Gasteiger partial charge in [0, 0.05) is 24.3 Å². The standard InChI is InChI=1S/C20H22ClN3O2S2/c1-13(2)7-9-24-19(26)18-16(8-10-27-18)22-20(24)28-12-17(25)23(3)15-6-4-5-14(21)11-15/h4-6,8,10-11,13H,7,9,12H2,1-3H3. The van der Waals surface area contributed by atoms with E-state index in [1.165, 1.54) is 23.1 Å². The zero-order chi connectivity index (χ0) is 20.3. The van der Waals surface area contributed by atoms with Crippen molar-refractivity contribution in [2.45, 2.75) is 32.0 Å². The number of hydrogen-bond acceptors (Lipinski definition) is 5. The van der Waals surface area contributed by atoms with Crippen molar-refractivity contribution < 1.29 is 4.79 Å². The molecule has 28 heavy (non-hydrogen) atoms. The van der Waals surface area contributed by atoms with E-state index in [0.29, 0.717) is 32.9 Å². The maximum atomic E-state index is 12.9. The minimum Gasteiger partial charge on any atom is -0.315 e. The lowest BCUT2D eigenvalue weighted by Gasteiger charge is -2.18. The summed E-state index contributed by atoms with van der Waals surface area (Å²) in [5.74, 6) is 0.578. The van der Waals surface area contributed by atoms with Crippen LogP contribution in [0.3, 0.4) is 0 Å². The molecule has 0 aliphatic heterocycles. The molecule has 0 fully saturated rings. The van der Waals surface area contributed by atoms with Crippen LogP contribution in [0.5, 0.6) is 0 Å². The van der Waals surface area contributed by atoms with E-state index >= 15 is 0 Å². The third kappa shape index (κ3) is 4.77. The number of rotatable bonds is 7. The van der Waals surface area contributed by atoms with E-state index in [2.05, 4.69) is 18.8 Å². The number of benzene rings is 1. The Balaban J connectivity index is 1.81. The molecule has 0 saturated carbocycles. The van der Waals surface area contributed by atoms with Gasteiger partial charge in [-0.1, -0.05) is 43.3 Å². The van der Waals surface area contributed by atoms with E-state index in [1.54, 1.807) is 28.6 Å². The fourth-order valence-electron chi connectivity index (χ4n) is 2.67. The molecule has 0 radical (unpaired) electrons. The predicted molar refractivity (Wildman–Crippen MR) is 119 cm³/mol. The lowest BCUT2D eigenvalue weighted by molar-refractivity contribution is -0.115. The second-order valence-corrected chi connectivity index (χ2v) is 9.19. The number of carbonyl (C=O) groups is 1. The first kappa shape index (κ1) is 20.9. The van der Waals surface area contributed by atoms with Gasteiger partial charge in [0.25, 0.3) is 5.56 Å². The highest BCUT2D eigenvalue weighted by Gasteiger charge is 2.17. The average Bonchev–Trinajstić information content (AvgIpc) is 3.13. The van der Waals surface area contributed by atoms with Crippen molar-refractivity contribution in [3.05, 3.63) is 51.1 Å². The van der Waals surface area contributed by atoms with Crippen molar-refractivity contribution >= 4 is 56.5 Å². The zero-order valence-corrected chi connectivity index (χ0v) is 18.4. The average molecular weight is 436 g/mol. The van der Waals surface area contributed by atoms with Crippen LogP contribution in [0, 0.1) is 5.92 Å². The highest BCUT2D eigenvalue weighted by atomic mass is 35.5. The van der Waals surface area contributed by atoms with Crippen molar-refractivity contribution in [1.82, 2.24) is 9.55 Å². The van der Waals surface area contributed by atoms with Crippen LogP contribution >= 0.6 is 34.7 Å². The van der Waals surface area contributed by atoms with Gasteiger partial charge < -0.3 is 4.90 Å². The highest BCUT2D eigenvalue weighted by molar-refractivity contribution is 7.99. The Kier molecular flexibility index (Phi) is 6.80. The monoisotopic (exact) mass is 435 g/mol. The molecule has 0 aliphatic carbocycles. The Morgan fingerprint density at radius 1 is 1.36 bits per heavy atom. The molecule has 148 valence electrons. The van der Waals surface area contributed by atoms with E-state index in [0.717, 1.165) is 12.1 Å². The summed E-state index contributed by atoms with van der Waals surface area (Å²) in [7, 11) is 1.72. The lowest BCUT2D eigenvalue weighted by Crippen LogP contribution is -2.29. The molecule has 0 spiro atoms. The van der Waals surface area contributed by atoms with Crippen molar-refractivity contribution in [3.63, 3.8) is 0 Å². The Morgan fingerprint density at radius 2 is 2.14 bits per heavy atom. The summed E-state index contributed by atoms with van der Waals surface area (Å²) < 4.78 is 2.37. The fraction of sp³-hybridized carbons (Fsp3) is 0.350. The minimum absolute atomic E-state index is 0.0289. The van der Waals surface area contributed by atoms with Gasteiger partial charge in [0.1, 0.15) is 4.70 Å². The molecule has 0 atom stereocenters. The molecule has 0 bridgehead atoms. The molecular weight excluding hydrogens is 414 g/mol. The fourth-order valence-corrected chi connectivity index (χ4v) is 4.57. The molecule has 3 rings (SSSR count). The first-order chi connectivity index (χ1) is 13.4. The molecule has 0 N–H and O–H groups in total. The maximum Gasteiger partial charge on any atom is 0.272 e. The molecule has 2 heterocycles. The first-order valence-electron chi connectivity index (χ1n) is 8.99. The summed E-state index contributed by atoms with van der Waals surface area (Å²) in [4.78, 5) is 31.7. The number of halogens is 1. The number of thioether (sulfide) groups is 1. The summed E-state index contributed by atoms with van der Waals surface area (Å²) >= 11 is 8.72. The number of hydrogen-bond donors (Lipinski definition) is 0. The third-order valence-electron chi connectivity index (χ3n) is 4.36. The molecule has 2 aromatic heterocycles. The molecule has 3 aromatic rings. The van der Waals surface area contributed by atoms with E-state index in [-0.39, 0.29) is 17.2 Å². The summed E-state index contributed by atoms with van der Waals surface area (Å²) in [6.45, 7) is 4.84. The van der Waals surface area contributed by atoms with Gasteiger partial charge >= 0.3 is 0 Å². The quantitative estimate of drug-likeness (QED) is 0.390. The Labute approximate surface area is 177 Å². The summed E-state index contributed by atoms with van der Waals surface area (Å²) in [6, 6.07) is 9.01. The topological polar surface area (TPSA) is 55.2 Å². The van der Waals surface area contributed by atoms with Crippen molar-refractivity contribution in [1.29, 1.82) is 0 Å². The van der Waals surface area contributed by atoms with E-state index < -0.39 is 0 Å². The number of anilines is 1. The van der Waals surface area contributed by atoms with E-state index in [9.17, 15) is 9.59 Å². The number of nitrogens with zero attached hydrogens (tertiary/aromatic N) is 3. The van der Waals surface area contributed by atoms with Gasteiger partial charge in [-0.2, -0.15) is 0 Å². The van der Waals surface area contributed by atoms with Gasteiger partial charge in [-0.3, -0.25) is 14.2 Å². The van der Waals surface area contributed by atoms with Crippen molar-refractivity contribution in [3.8, 4) is 0 Å². The Bertz CT molecular complexity index is 1050. The summed E-state index contributed by atoms with van der Waals surface area (Å²) in [5.41, 5.74) is 1.39. The number of aromatic nitrogens is 2. The van der Waals surface area contributed by atoms with Crippen LogP contribution in [-0.4, -0.2) is 28.3 Å². The SMILES string of the molecule is CC(C)CCn1c(SCC(=O)N(C)c2cccc(Cl)c2)nc2ccsc2c1=O. The van der Waals surface area contributed by atoms with Gasteiger partial charge in [-0.25, -0.2) is 4.98 Å². The molecule has 1 amide bonds. The van der Waals surface area contributed by atoms with Crippen LogP contribution in [0.15, 0.2) is 45.7 Å². The number of fused-ring (bicyclic) bond motifs is 1. The Hall–Kier alpha value is -1.83. The van der Waals surface area contributed by atoms with Gasteiger partial charge in [0.2, 0.25) is 5.91 Å². The van der Waals surface area contributed by atoms with Crippen LogP contribution in [0.2, 0.25) is 5.02 Å². The molecule has 5 nitrogen and oxygen atoms in total. The van der Waals surface area contributed by atoms with Crippen molar-refractivity contribution in [2.24, 2.45) is 5.92 Å². The molecule has 0 saturated heterocycles. The molecule has 0 aliphatic rings.